The summed E-state index contributed by atoms with van der Waals surface area (Å²) in [4.78, 5) is 0. The second kappa shape index (κ2) is 16.7. The molecule has 0 spiro atoms. The van der Waals surface area contributed by atoms with Gasteiger partial charge < -0.3 is 0 Å². The van der Waals surface area contributed by atoms with Gasteiger partial charge in [-0.2, -0.15) is 0 Å². The van der Waals surface area contributed by atoms with Crippen LogP contribution in [0.2, 0.25) is 0 Å². The molecule has 0 aliphatic carbocycles. The second-order valence-electron chi connectivity index (χ2n) is 13.5. The van der Waals surface area contributed by atoms with Crippen LogP contribution in [0.1, 0.15) is 67.3 Å². The summed E-state index contributed by atoms with van der Waals surface area (Å²) < 4.78 is 0. The summed E-state index contributed by atoms with van der Waals surface area (Å²) in [6.45, 7) is 18.5. The van der Waals surface area contributed by atoms with Gasteiger partial charge >= 0.3 is 0 Å². The van der Waals surface area contributed by atoms with E-state index < -0.39 is 15.8 Å². The minimum absolute atomic E-state index is 0.469. The van der Waals surface area contributed by atoms with Gasteiger partial charge in [-0.05, 0) is 113 Å². The molecule has 2 atom stereocenters. The summed E-state index contributed by atoms with van der Waals surface area (Å²) in [5.41, 5.74) is 8.79. The normalized spacial score (nSPS) is 12.8. The lowest BCUT2D eigenvalue weighted by molar-refractivity contribution is 0.502. The third-order valence-electron chi connectivity index (χ3n) is 9.24. The predicted molar refractivity (Wildman–Crippen MR) is 213 cm³/mol. The fourth-order valence-corrected chi connectivity index (χ4v) is 12.8. The molecule has 0 aromatic heterocycles. The molecule has 242 valence electrons. The number of benzene rings is 5. The zero-order valence-corrected chi connectivity index (χ0v) is 31.1. The van der Waals surface area contributed by atoms with Crippen LogP contribution in [0.25, 0.3) is 0 Å². The molecule has 0 fully saturated rings. The van der Waals surface area contributed by atoms with Gasteiger partial charge in [-0.25, -0.2) is 0 Å². The molecule has 2 heteroatoms. The summed E-state index contributed by atoms with van der Waals surface area (Å²) >= 11 is 0. The fourth-order valence-electron chi connectivity index (χ4n) is 7.09. The standard InChI is InChI=1S/C45H52P2/c1-8-9-18-33(2)27-40(38(7)46(43-28-34(3)25-35(4)29-43)44-30-36(5)26-37(6)31-44)32-39-19-16-17-24-45(39)47(41-20-12-10-13-21-41)42-22-14-11-15-23-42/h10-17,19-26,28-31,38,40H,2,8-9,18,27,32H2,1,3-7H3/t38-,40-/m1/s1. The highest BCUT2D eigenvalue weighted by Crippen LogP contribution is 2.47. The first-order valence-electron chi connectivity index (χ1n) is 17.3. The van der Waals surface area contributed by atoms with Crippen molar-refractivity contribution in [2.75, 3.05) is 0 Å². The molecule has 0 radical (unpaired) electrons. The first-order chi connectivity index (χ1) is 22.7. The Hall–Kier alpha value is -3.30. The molecule has 0 bridgehead atoms. The Morgan fingerprint density at radius 1 is 0.617 bits per heavy atom. The molecular formula is C45H52P2. The monoisotopic (exact) mass is 654 g/mol. The lowest BCUT2D eigenvalue weighted by atomic mass is 9.89. The molecule has 0 amide bonds. The Morgan fingerprint density at radius 2 is 1.09 bits per heavy atom. The third-order valence-corrected chi connectivity index (χ3v) is 14.6. The van der Waals surface area contributed by atoms with Crippen molar-refractivity contribution >= 4 is 42.4 Å². The molecule has 0 saturated heterocycles. The van der Waals surface area contributed by atoms with Crippen LogP contribution in [0.15, 0.2) is 133 Å². The van der Waals surface area contributed by atoms with Crippen LogP contribution < -0.4 is 26.5 Å². The van der Waals surface area contributed by atoms with Crippen LogP contribution >= 0.6 is 15.8 Å². The van der Waals surface area contributed by atoms with Gasteiger partial charge in [-0.15, -0.1) is 0 Å². The van der Waals surface area contributed by atoms with E-state index in [2.05, 4.69) is 169 Å². The van der Waals surface area contributed by atoms with Gasteiger partial charge in [0, 0.05) is 0 Å². The molecule has 47 heavy (non-hydrogen) atoms. The fraction of sp³-hybridized carbons (Fsp3) is 0.289. The molecule has 0 heterocycles. The van der Waals surface area contributed by atoms with E-state index >= 15 is 0 Å². The van der Waals surface area contributed by atoms with E-state index in [0.29, 0.717) is 11.6 Å². The highest BCUT2D eigenvalue weighted by Gasteiger charge is 2.31. The lowest BCUT2D eigenvalue weighted by Crippen LogP contribution is -2.30. The number of allylic oxidation sites excluding steroid dienone is 1. The highest BCUT2D eigenvalue weighted by atomic mass is 31.1. The van der Waals surface area contributed by atoms with Crippen molar-refractivity contribution in [1.29, 1.82) is 0 Å². The van der Waals surface area contributed by atoms with Crippen LogP contribution in [0.5, 0.6) is 0 Å². The van der Waals surface area contributed by atoms with E-state index in [1.54, 1.807) is 0 Å². The van der Waals surface area contributed by atoms with E-state index in [-0.39, 0.29) is 0 Å². The Labute approximate surface area is 287 Å². The Kier molecular flexibility index (Phi) is 12.4. The van der Waals surface area contributed by atoms with Gasteiger partial charge in [0.1, 0.15) is 0 Å². The quantitative estimate of drug-likeness (QED) is 0.0826. The minimum Gasteiger partial charge on any atom is -0.0999 e. The second-order valence-corrected chi connectivity index (χ2v) is 18.2. The van der Waals surface area contributed by atoms with E-state index in [0.717, 1.165) is 19.3 Å². The van der Waals surface area contributed by atoms with Crippen LogP contribution in [0, 0.1) is 33.6 Å². The molecule has 5 aromatic carbocycles. The number of hydrogen-bond acceptors (Lipinski definition) is 0. The summed E-state index contributed by atoms with van der Waals surface area (Å²) in [6, 6.07) is 46.2. The Bertz CT molecular complexity index is 1620. The van der Waals surface area contributed by atoms with Gasteiger partial charge in [0.25, 0.3) is 0 Å². The van der Waals surface area contributed by atoms with Crippen molar-refractivity contribution in [3.8, 4) is 0 Å². The first-order valence-corrected chi connectivity index (χ1v) is 20.1. The maximum Gasteiger partial charge on any atom is -0.0119 e. The van der Waals surface area contributed by atoms with Crippen molar-refractivity contribution in [3.05, 3.63) is 161 Å². The average Bonchev–Trinajstić information content (AvgIpc) is 3.04. The zero-order valence-electron chi connectivity index (χ0n) is 29.3. The van der Waals surface area contributed by atoms with Crippen LogP contribution in [-0.4, -0.2) is 5.66 Å². The van der Waals surface area contributed by atoms with E-state index in [9.17, 15) is 0 Å². The molecule has 0 aliphatic heterocycles. The van der Waals surface area contributed by atoms with Crippen LogP contribution in [0.3, 0.4) is 0 Å². The maximum atomic E-state index is 4.68. The minimum atomic E-state index is -0.684. The summed E-state index contributed by atoms with van der Waals surface area (Å²) in [5, 5.41) is 7.31. The largest absolute Gasteiger partial charge is 0.0999 e. The van der Waals surface area contributed by atoms with Gasteiger partial charge in [0.15, 0.2) is 0 Å². The van der Waals surface area contributed by atoms with Crippen molar-refractivity contribution in [3.63, 3.8) is 0 Å². The van der Waals surface area contributed by atoms with Crippen molar-refractivity contribution < 1.29 is 0 Å². The van der Waals surface area contributed by atoms with E-state index in [1.807, 2.05) is 0 Å². The highest BCUT2D eigenvalue weighted by molar-refractivity contribution is 7.80. The molecule has 5 aromatic rings. The molecule has 0 unspecified atom stereocenters. The average molecular weight is 655 g/mol. The Morgan fingerprint density at radius 3 is 1.57 bits per heavy atom. The number of hydrogen-bond donors (Lipinski definition) is 0. The van der Waals surface area contributed by atoms with Gasteiger partial charge in [-0.1, -0.05) is 176 Å². The van der Waals surface area contributed by atoms with Crippen LogP contribution in [0.4, 0.5) is 0 Å². The molecule has 0 N–H and O–H groups in total. The maximum absolute atomic E-state index is 4.68. The van der Waals surface area contributed by atoms with Gasteiger partial charge in [0.05, 0.1) is 0 Å². The zero-order chi connectivity index (χ0) is 33.3. The first kappa shape index (κ1) is 35.0. The third kappa shape index (κ3) is 9.20. The predicted octanol–water partition coefficient (Wildman–Crippen LogP) is 10.5. The van der Waals surface area contributed by atoms with Crippen LogP contribution in [-0.2, 0) is 6.42 Å². The molecule has 0 aliphatic rings. The SMILES string of the molecule is C=C(CCCC)C[C@H](Cc1ccccc1P(c1ccccc1)c1ccccc1)[C@@H](C)P(c1cc(C)cc(C)c1)c1cc(C)cc(C)c1. The Balaban J connectivity index is 1.63. The summed E-state index contributed by atoms with van der Waals surface area (Å²) in [7, 11) is -1.29. The van der Waals surface area contributed by atoms with E-state index in [1.165, 1.54) is 72.8 Å². The van der Waals surface area contributed by atoms with Gasteiger partial charge in [0.2, 0.25) is 0 Å². The van der Waals surface area contributed by atoms with Crippen molar-refractivity contribution in [1.82, 2.24) is 0 Å². The summed E-state index contributed by atoms with van der Waals surface area (Å²) in [6.07, 6.45) is 5.66. The number of aryl methyl sites for hydroxylation is 4. The molecule has 5 rings (SSSR count). The summed E-state index contributed by atoms with van der Waals surface area (Å²) in [5.74, 6) is 0.469. The number of unbranched alkanes of at least 4 members (excludes halogenated alkanes) is 1. The smallest absolute Gasteiger partial charge is 0.0119 e. The molecule has 0 nitrogen and oxygen atoms in total. The topological polar surface area (TPSA) is 0 Å². The van der Waals surface area contributed by atoms with E-state index in [4.69, 9.17) is 0 Å². The van der Waals surface area contributed by atoms with Crippen molar-refractivity contribution in [2.45, 2.75) is 79.3 Å². The van der Waals surface area contributed by atoms with Crippen molar-refractivity contribution in [2.24, 2.45) is 5.92 Å². The lowest BCUT2D eigenvalue weighted by Gasteiger charge is -2.35. The number of rotatable bonds is 14. The molecule has 0 saturated carbocycles. The molecular weight excluding hydrogens is 602 g/mol. The van der Waals surface area contributed by atoms with Gasteiger partial charge in [-0.3, -0.25) is 0 Å².